The minimum Gasteiger partial charge on any atom is -0.283 e. The number of amidine groups is 1. The predicted octanol–water partition coefficient (Wildman–Crippen LogP) is 4.08. The number of carbonyl (C=O) groups excluding carboxylic acids is 3. The highest BCUT2D eigenvalue weighted by Gasteiger charge is 2.35. The number of benzene rings is 2. The van der Waals surface area contributed by atoms with Crippen LogP contribution in [-0.2, 0) is 14.4 Å². The minimum atomic E-state index is -0.526. The maximum absolute atomic E-state index is 12.8. The molecular formula is C25H20N4O3S3. The van der Waals surface area contributed by atoms with E-state index in [2.05, 4.69) is 17.1 Å². The van der Waals surface area contributed by atoms with Crippen LogP contribution in [0.1, 0.15) is 11.1 Å². The van der Waals surface area contributed by atoms with Crippen molar-refractivity contribution in [2.75, 3.05) is 13.1 Å². The molecule has 2 fully saturated rings. The quantitative estimate of drug-likeness (QED) is 0.257. The number of thiocarbonyl (C=S) groups is 1. The molecular weight excluding hydrogens is 501 g/mol. The minimum absolute atomic E-state index is 0.227. The molecule has 1 N–H and O–H groups in total. The van der Waals surface area contributed by atoms with E-state index in [0.717, 1.165) is 34.7 Å². The van der Waals surface area contributed by atoms with E-state index < -0.39 is 5.91 Å². The number of amides is 3. The van der Waals surface area contributed by atoms with Crippen LogP contribution in [0.25, 0.3) is 12.2 Å². The van der Waals surface area contributed by atoms with Gasteiger partial charge in [0, 0.05) is 6.54 Å². The van der Waals surface area contributed by atoms with Crippen molar-refractivity contribution in [2.45, 2.75) is 0 Å². The number of hydrazone groups is 1. The highest BCUT2D eigenvalue weighted by Crippen LogP contribution is 2.33. The molecule has 2 aromatic rings. The van der Waals surface area contributed by atoms with Crippen LogP contribution in [0.4, 0.5) is 0 Å². The molecule has 0 saturated carbocycles. The Kier molecular flexibility index (Phi) is 7.96. The summed E-state index contributed by atoms with van der Waals surface area (Å²) in [4.78, 5) is 41.8. The largest absolute Gasteiger partial charge is 0.283 e. The van der Waals surface area contributed by atoms with Crippen LogP contribution in [0, 0.1) is 0 Å². The third-order valence-corrected chi connectivity index (χ3v) is 7.23. The monoisotopic (exact) mass is 520 g/mol. The molecule has 0 aliphatic carbocycles. The molecule has 2 aliphatic rings. The summed E-state index contributed by atoms with van der Waals surface area (Å²) in [5.74, 6) is -1.09. The molecule has 7 nitrogen and oxygen atoms in total. The lowest BCUT2D eigenvalue weighted by Crippen LogP contribution is -2.39. The van der Waals surface area contributed by atoms with Gasteiger partial charge in [-0.1, -0.05) is 90.7 Å². The van der Waals surface area contributed by atoms with Gasteiger partial charge < -0.3 is 0 Å². The fourth-order valence-corrected chi connectivity index (χ4v) is 5.41. The number of rotatable bonds is 7. The Morgan fingerprint density at radius 3 is 2.03 bits per heavy atom. The second kappa shape index (κ2) is 11.3. The van der Waals surface area contributed by atoms with Gasteiger partial charge in [0.05, 0.1) is 9.81 Å². The van der Waals surface area contributed by atoms with Gasteiger partial charge >= 0.3 is 0 Å². The average molecular weight is 521 g/mol. The molecule has 4 rings (SSSR count). The fraction of sp³-hybridized carbons (Fsp3) is 0.0800. The Morgan fingerprint density at radius 2 is 1.46 bits per heavy atom. The number of hydrogen-bond acceptors (Lipinski definition) is 7. The summed E-state index contributed by atoms with van der Waals surface area (Å²) in [6.45, 7) is 3.65. The van der Waals surface area contributed by atoms with Crippen molar-refractivity contribution in [2.24, 2.45) is 5.10 Å². The van der Waals surface area contributed by atoms with Crippen LogP contribution < -0.4 is 5.43 Å². The normalized spacial score (nSPS) is 19.3. The van der Waals surface area contributed by atoms with E-state index >= 15 is 0 Å². The van der Waals surface area contributed by atoms with Crippen LogP contribution in [-0.4, -0.2) is 50.1 Å². The van der Waals surface area contributed by atoms with Gasteiger partial charge in [0.1, 0.15) is 10.9 Å². The number of carbonyl (C=O) groups is 3. The van der Waals surface area contributed by atoms with Crippen molar-refractivity contribution in [3.63, 3.8) is 0 Å². The Morgan fingerprint density at radius 1 is 0.914 bits per heavy atom. The molecule has 2 saturated heterocycles. The van der Waals surface area contributed by atoms with Gasteiger partial charge in [0.2, 0.25) is 0 Å². The first-order valence-corrected chi connectivity index (χ1v) is 12.5. The summed E-state index contributed by atoms with van der Waals surface area (Å²) >= 11 is 7.61. The number of thioether (sulfide) groups is 2. The molecule has 0 radical (unpaired) electrons. The molecule has 0 unspecified atom stereocenters. The average Bonchev–Trinajstić information content (AvgIpc) is 3.29. The van der Waals surface area contributed by atoms with Gasteiger partial charge in [-0.25, -0.2) is 5.43 Å². The first-order valence-electron chi connectivity index (χ1n) is 10.5. The van der Waals surface area contributed by atoms with Crippen LogP contribution in [0.2, 0.25) is 0 Å². The second-order valence-electron chi connectivity index (χ2n) is 7.33. The predicted molar refractivity (Wildman–Crippen MR) is 146 cm³/mol. The van der Waals surface area contributed by atoms with Crippen molar-refractivity contribution in [3.8, 4) is 0 Å². The lowest BCUT2D eigenvalue weighted by atomic mass is 10.2. The molecule has 2 aliphatic heterocycles. The third kappa shape index (κ3) is 5.97. The highest BCUT2D eigenvalue weighted by atomic mass is 32.2. The Labute approximate surface area is 216 Å². The molecule has 0 bridgehead atoms. The van der Waals surface area contributed by atoms with Crippen LogP contribution >= 0.6 is 35.7 Å². The van der Waals surface area contributed by atoms with E-state index in [9.17, 15) is 14.4 Å². The standard InChI is InChI=1S/C25H20N4O3S3/c1-2-13-28-22(31)19(14-17-9-5-3-6-10-17)34-24(28)27-26-21(30)16-29-23(32)20(35-25(29)33)15-18-11-7-4-8-12-18/h2-12,14-15H,1,13,16H2,(H,26,30)/b19-14+,20-15-,27-24-. The van der Waals surface area contributed by atoms with E-state index in [1.807, 2.05) is 60.7 Å². The molecule has 176 valence electrons. The number of nitrogens with one attached hydrogen (secondary N) is 1. The fourth-order valence-electron chi connectivity index (χ4n) is 3.21. The summed E-state index contributed by atoms with van der Waals surface area (Å²) in [7, 11) is 0. The maximum atomic E-state index is 12.8. The van der Waals surface area contributed by atoms with Crippen molar-refractivity contribution in [1.29, 1.82) is 0 Å². The lowest BCUT2D eigenvalue weighted by molar-refractivity contribution is -0.128. The first-order chi connectivity index (χ1) is 17.0. The van der Waals surface area contributed by atoms with Crippen LogP contribution in [0.15, 0.2) is 88.2 Å². The van der Waals surface area contributed by atoms with Gasteiger partial charge in [0.25, 0.3) is 17.7 Å². The Balaban J connectivity index is 1.43. The molecule has 0 aromatic heterocycles. The third-order valence-electron chi connectivity index (χ3n) is 4.85. The zero-order valence-corrected chi connectivity index (χ0v) is 20.9. The zero-order valence-electron chi connectivity index (χ0n) is 18.4. The van der Waals surface area contributed by atoms with Gasteiger partial charge in [0.15, 0.2) is 5.17 Å². The van der Waals surface area contributed by atoms with E-state index in [-0.39, 0.29) is 24.9 Å². The molecule has 35 heavy (non-hydrogen) atoms. The van der Waals surface area contributed by atoms with E-state index in [1.54, 1.807) is 18.2 Å². The summed E-state index contributed by atoms with van der Waals surface area (Å²) < 4.78 is 0.298. The van der Waals surface area contributed by atoms with E-state index in [1.165, 1.54) is 9.80 Å². The summed E-state index contributed by atoms with van der Waals surface area (Å²) in [5, 5.41) is 4.46. The lowest BCUT2D eigenvalue weighted by Gasteiger charge is -2.14. The zero-order chi connectivity index (χ0) is 24.8. The molecule has 3 amide bonds. The molecule has 0 atom stereocenters. The smallest absolute Gasteiger partial charge is 0.267 e. The first kappa shape index (κ1) is 24.6. The van der Waals surface area contributed by atoms with Crippen molar-refractivity contribution in [3.05, 3.63) is 94.3 Å². The van der Waals surface area contributed by atoms with Gasteiger partial charge in [-0.15, -0.1) is 11.7 Å². The number of hydrogen-bond donors (Lipinski definition) is 1. The second-order valence-corrected chi connectivity index (χ2v) is 10.0. The van der Waals surface area contributed by atoms with Gasteiger partial charge in [-0.05, 0) is 35.0 Å². The molecule has 2 aromatic carbocycles. The van der Waals surface area contributed by atoms with E-state index in [4.69, 9.17) is 12.2 Å². The topological polar surface area (TPSA) is 82.1 Å². The van der Waals surface area contributed by atoms with Crippen molar-refractivity contribution < 1.29 is 14.4 Å². The summed E-state index contributed by atoms with van der Waals surface area (Å²) in [6.07, 6.45) is 5.10. The molecule has 2 heterocycles. The van der Waals surface area contributed by atoms with Crippen molar-refractivity contribution >= 4 is 75.1 Å². The molecule has 0 spiro atoms. The van der Waals surface area contributed by atoms with Gasteiger partial charge in [-0.3, -0.25) is 24.2 Å². The molecule has 10 heteroatoms. The van der Waals surface area contributed by atoms with Crippen molar-refractivity contribution in [1.82, 2.24) is 15.2 Å². The van der Waals surface area contributed by atoms with E-state index in [0.29, 0.717) is 19.3 Å². The van der Waals surface area contributed by atoms with Crippen LogP contribution in [0.3, 0.4) is 0 Å². The SMILES string of the molecule is C=CCN1C(=O)/C(=C\c2ccccc2)S/C1=N\NC(=O)CN1C(=O)/C(=C/c2ccccc2)SC1=S. The Hall–Kier alpha value is -3.47. The van der Waals surface area contributed by atoms with Gasteiger partial charge in [-0.2, -0.15) is 0 Å². The number of nitrogens with zero attached hydrogens (tertiary/aromatic N) is 3. The Bertz CT molecular complexity index is 1270. The highest BCUT2D eigenvalue weighted by molar-refractivity contribution is 8.26. The summed E-state index contributed by atoms with van der Waals surface area (Å²) in [5.41, 5.74) is 4.19. The maximum Gasteiger partial charge on any atom is 0.267 e. The van der Waals surface area contributed by atoms with Crippen LogP contribution in [0.5, 0.6) is 0 Å². The summed E-state index contributed by atoms with van der Waals surface area (Å²) in [6, 6.07) is 18.9.